The lowest BCUT2D eigenvalue weighted by atomic mass is 11.0. The van der Waals surface area contributed by atoms with Crippen LogP contribution in [0.1, 0.15) is 0 Å². The number of rotatable bonds is 2. The molecule has 54 valence electrons. The predicted molar refractivity (Wildman–Crippen MR) is 37.0 cm³/mol. The zero-order chi connectivity index (χ0) is 7.28. The number of carbonyl (C=O) groups is 1. The van der Waals surface area contributed by atoms with Gasteiger partial charge in [0.05, 0.1) is 7.11 Å². The molecule has 5 heteroatoms. The van der Waals surface area contributed by atoms with Gasteiger partial charge in [0, 0.05) is 0 Å². The number of hydrogen-bond acceptors (Lipinski definition) is 4. The number of hydrogen-bond donors (Lipinski definition) is 2. The van der Waals surface area contributed by atoms with Crippen molar-refractivity contribution in [2.24, 2.45) is 5.73 Å². The third-order valence-corrected chi connectivity index (χ3v) is 1.33. The Hall–Kier alpha value is -0.420. The molecule has 0 aromatic rings. The van der Waals surface area contributed by atoms with E-state index in [4.69, 9.17) is 5.73 Å². The van der Waals surface area contributed by atoms with Crippen molar-refractivity contribution in [1.82, 2.24) is 5.32 Å². The van der Waals surface area contributed by atoms with Gasteiger partial charge in [-0.2, -0.15) is 0 Å². The zero-order valence-electron chi connectivity index (χ0n) is 5.38. The molecule has 0 spiro atoms. The van der Waals surface area contributed by atoms with Gasteiger partial charge >= 0.3 is 6.09 Å². The van der Waals surface area contributed by atoms with E-state index in [9.17, 15) is 4.79 Å². The molecular formula is C4H10N2O2S. The molecule has 1 amide bonds. The van der Waals surface area contributed by atoms with E-state index in [1.165, 1.54) is 18.9 Å². The highest BCUT2D eigenvalue weighted by Gasteiger charge is 2.02. The molecule has 0 fully saturated rings. The van der Waals surface area contributed by atoms with Crippen LogP contribution in [0.4, 0.5) is 4.79 Å². The third kappa shape index (κ3) is 4.11. The minimum absolute atomic E-state index is 0.377. The molecule has 0 aliphatic heterocycles. The molecule has 1 unspecified atom stereocenters. The Kier molecular flexibility index (Phi) is 4.25. The van der Waals surface area contributed by atoms with Gasteiger partial charge in [-0.1, -0.05) is 0 Å². The summed E-state index contributed by atoms with van der Waals surface area (Å²) in [4.78, 5) is 10.4. The van der Waals surface area contributed by atoms with Gasteiger partial charge in [0.15, 0.2) is 0 Å². The minimum atomic E-state index is -0.503. The number of methoxy groups -OCH3 is 1. The standard InChI is InChI=1S/C4H10N2O2S/c1-8-4(7)6-3(5)9-2/h3H,5H2,1-2H3,(H,6,7). The third-order valence-electron chi connectivity index (χ3n) is 0.699. The highest BCUT2D eigenvalue weighted by atomic mass is 32.2. The summed E-state index contributed by atoms with van der Waals surface area (Å²) in [6.45, 7) is 0. The second kappa shape index (κ2) is 4.46. The Bertz CT molecular complexity index is 98.6. The SMILES string of the molecule is COC(=O)NC(N)SC. The monoisotopic (exact) mass is 150 g/mol. The highest BCUT2D eigenvalue weighted by molar-refractivity contribution is 7.99. The van der Waals surface area contributed by atoms with E-state index in [0.29, 0.717) is 0 Å². The van der Waals surface area contributed by atoms with Gasteiger partial charge in [-0.05, 0) is 6.26 Å². The summed E-state index contributed by atoms with van der Waals surface area (Å²) >= 11 is 1.33. The van der Waals surface area contributed by atoms with Crippen LogP contribution in [0.15, 0.2) is 0 Å². The molecule has 0 aliphatic carbocycles. The smallest absolute Gasteiger partial charge is 0.408 e. The lowest BCUT2D eigenvalue weighted by Gasteiger charge is -2.08. The quantitative estimate of drug-likeness (QED) is 0.542. The number of thioether (sulfide) groups is 1. The molecule has 9 heavy (non-hydrogen) atoms. The molecule has 3 N–H and O–H groups in total. The topological polar surface area (TPSA) is 64.3 Å². The van der Waals surface area contributed by atoms with E-state index >= 15 is 0 Å². The van der Waals surface area contributed by atoms with Crippen molar-refractivity contribution in [2.45, 2.75) is 5.50 Å². The molecule has 0 aliphatic rings. The van der Waals surface area contributed by atoms with E-state index in [0.717, 1.165) is 0 Å². The van der Waals surface area contributed by atoms with Crippen molar-refractivity contribution in [3.05, 3.63) is 0 Å². The van der Waals surface area contributed by atoms with Gasteiger partial charge in [-0.15, -0.1) is 11.8 Å². The first-order valence-corrected chi connectivity index (χ1v) is 3.62. The van der Waals surface area contributed by atoms with Crippen LogP contribution < -0.4 is 11.1 Å². The van der Waals surface area contributed by atoms with E-state index in [1.807, 2.05) is 0 Å². The molecular weight excluding hydrogens is 140 g/mol. The van der Waals surface area contributed by atoms with E-state index in [-0.39, 0.29) is 5.50 Å². The van der Waals surface area contributed by atoms with Crippen molar-refractivity contribution in [3.63, 3.8) is 0 Å². The van der Waals surface area contributed by atoms with E-state index < -0.39 is 6.09 Å². The van der Waals surface area contributed by atoms with Gasteiger partial charge in [0.1, 0.15) is 5.50 Å². The summed E-state index contributed by atoms with van der Waals surface area (Å²) < 4.78 is 4.28. The summed E-state index contributed by atoms with van der Waals surface area (Å²) in [6, 6.07) is 0. The molecule has 0 aromatic heterocycles. The van der Waals surface area contributed by atoms with Crippen LogP contribution in [-0.2, 0) is 4.74 Å². The van der Waals surface area contributed by atoms with Gasteiger partial charge in [-0.25, -0.2) is 4.79 Å². The predicted octanol–water partition coefficient (Wildman–Crippen LogP) is -0.0523. The lowest BCUT2D eigenvalue weighted by Crippen LogP contribution is -2.38. The molecule has 0 aromatic carbocycles. The molecule has 0 heterocycles. The fourth-order valence-electron chi connectivity index (χ4n) is 0.234. The maximum Gasteiger partial charge on any atom is 0.408 e. The van der Waals surface area contributed by atoms with Crippen LogP contribution >= 0.6 is 11.8 Å². The van der Waals surface area contributed by atoms with Gasteiger partial charge in [0.25, 0.3) is 0 Å². The highest BCUT2D eigenvalue weighted by Crippen LogP contribution is 1.93. The van der Waals surface area contributed by atoms with Crippen LogP contribution in [0, 0.1) is 0 Å². The maximum atomic E-state index is 10.4. The first-order valence-electron chi connectivity index (χ1n) is 2.33. The number of nitrogens with one attached hydrogen (secondary N) is 1. The Balaban J connectivity index is 3.34. The molecule has 1 atom stereocenters. The fourth-order valence-corrected chi connectivity index (χ4v) is 0.448. The Morgan fingerprint density at radius 2 is 2.44 bits per heavy atom. The average molecular weight is 150 g/mol. The lowest BCUT2D eigenvalue weighted by molar-refractivity contribution is 0.170. The van der Waals surface area contributed by atoms with Crippen LogP contribution in [0.2, 0.25) is 0 Å². The van der Waals surface area contributed by atoms with Crippen molar-refractivity contribution in [3.8, 4) is 0 Å². The number of amides is 1. The average Bonchev–Trinajstić information content (AvgIpc) is 1.87. The van der Waals surface area contributed by atoms with Crippen molar-refractivity contribution in [2.75, 3.05) is 13.4 Å². The molecule has 0 rings (SSSR count). The van der Waals surface area contributed by atoms with Gasteiger partial charge in [0.2, 0.25) is 0 Å². The minimum Gasteiger partial charge on any atom is -0.453 e. The first-order chi connectivity index (χ1) is 4.20. The molecule has 0 saturated heterocycles. The molecule has 0 saturated carbocycles. The number of ether oxygens (including phenoxy) is 1. The molecule has 0 radical (unpaired) electrons. The largest absolute Gasteiger partial charge is 0.453 e. The molecule has 0 bridgehead atoms. The van der Waals surface area contributed by atoms with Crippen molar-refractivity contribution in [1.29, 1.82) is 0 Å². The fraction of sp³-hybridized carbons (Fsp3) is 0.750. The van der Waals surface area contributed by atoms with E-state index in [1.54, 1.807) is 6.26 Å². The normalized spacial score (nSPS) is 12.3. The summed E-state index contributed by atoms with van der Waals surface area (Å²) in [5.74, 6) is 0. The summed E-state index contributed by atoms with van der Waals surface area (Å²) in [6.07, 6.45) is 1.29. The molecule has 4 nitrogen and oxygen atoms in total. The Morgan fingerprint density at radius 1 is 1.89 bits per heavy atom. The first kappa shape index (κ1) is 8.58. The maximum absolute atomic E-state index is 10.4. The summed E-state index contributed by atoms with van der Waals surface area (Å²) in [7, 11) is 1.29. The second-order valence-corrected chi connectivity index (χ2v) is 2.27. The van der Waals surface area contributed by atoms with Crippen molar-refractivity contribution >= 4 is 17.9 Å². The summed E-state index contributed by atoms with van der Waals surface area (Å²) in [5.41, 5.74) is 4.92. The number of alkyl carbamates (subject to hydrolysis) is 1. The Morgan fingerprint density at radius 3 is 2.78 bits per heavy atom. The van der Waals surface area contributed by atoms with Crippen LogP contribution in [0.25, 0.3) is 0 Å². The van der Waals surface area contributed by atoms with E-state index in [2.05, 4.69) is 10.1 Å². The van der Waals surface area contributed by atoms with Gasteiger partial charge in [-0.3, -0.25) is 5.32 Å². The number of nitrogens with two attached hydrogens (primary N) is 1. The zero-order valence-corrected chi connectivity index (χ0v) is 6.20. The summed E-state index contributed by atoms with van der Waals surface area (Å²) in [5, 5.41) is 2.36. The van der Waals surface area contributed by atoms with Crippen LogP contribution in [0.3, 0.4) is 0 Å². The van der Waals surface area contributed by atoms with Gasteiger partial charge < -0.3 is 10.5 Å². The van der Waals surface area contributed by atoms with Crippen molar-refractivity contribution < 1.29 is 9.53 Å². The van der Waals surface area contributed by atoms with Crippen LogP contribution in [0.5, 0.6) is 0 Å². The van der Waals surface area contributed by atoms with Crippen LogP contribution in [-0.4, -0.2) is 25.0 Å². The number of carbonyl (C=O) groups excluding carboxylic acids is 1. The second-order valence-electron chi connectivity index (χ2n) is 1.29. The Labute approximate surface area is 58.1 Å².